The van der Waals surface area contributed by atoms with Gasteiger partial charge in [-0.25, -0.2) is 32.3 Å². The molecule has 182 valence electrons. The van der Waals surface area contributed by atoms with Crippen molar-refractivity contribution >= 4 is 49.7 Å². The van der Waals surface area contributed by atoms with Crippen molar-refractivity contribution in [2.75, 3.05) is 17.2 Å². The lowest BCUT2D eigenvalue weighted by molar-refractivity contribution is 0.256. The Morgan fingerprint density at radius 3 is 2.54 bits per heavy atom. The highest BCUT2D eigenvalue weighted by molar-refractivity contribution is 7.92. The average molecular weight is 515 g/mol. The molecule has 0 aliphatic rings. The summed E-state index contributed by atoms with van der Waals surface area (Å²) in [6.07, 6.45) is 2.14. The molecular weight excluding hydrogens is 492 g/mol. The molecule has 0 atom stereocenters. The highest BCUT2D eigenvalue weighted by Gasteiger charge is 2.19. The first kappa shape index (κ1) is 24.2. The van der Waals surface area contributed by atoms with Crippen molar-refractivity contribution in [1.29, 1.82) is 0 Å². The van der Waals surface area contributed by atoms with Gasteiger partial charge < -0.3 is 15.6 Å². The minimum absolute atomic E-state index is 0.0155. The van der Waals surface area contributed by atoms with Crippen LogP contribution in [0.5, 0.6) is 0 Å². The number of nitrogens with zero attached hydrogens (tertiary/aromatic N) is 2. The van der Waals surface area contributed by atoms with Crippen LogP contribution in [-0.2, 0) is 10.0 Å². The fraction of sp³-hybridized carbons (Fsp3) is 0.182. The number of hydrogen-bond acceptors (Lipinski definition) is 8. The SMILES string of the molecule is CCCNc1ccc2c(=O)n(-c3ccc(NC(=O)NS(=O)(=O)c4ccc(C)s4)cn3)c(=O)[nH]c2c1. The Labute approximate surface area is 203 Å². The molecule has 0 bridgehead atoms. The molecule has 3 aromatic heterocycles. The number of carbonyl (C=O) groups is 1. The number of anilines is 2. The zero-order valence-electron chi connectivity index (χ0n) is 18.8. The number of amides is 2. The Kier molecular flexibility index (Phi) is 6.71. The van der Waals surface area contributed by atoms with E-state index < -0.39 is 27.3 Å². The van der Waals surface area contributed by atoms with E-state index in [4.69, 9.17) is 0 Å². The van der Waals surface area contributed by atoms with Gasteiger partial charge in [0, 0.05) is 17.1 Å². The second-order valence-electron chi connectivity index (χ2n) is 7.59. The quantitative estimate of drug-likeness (QED) is 0.296. The second kappa shape index (κ2) is 9.72. The molecule has 35 heavy (non-hydrogen) atoms. The number of urea groups is 1. The molecule has 4 aromatic rings. The van der Waals surface area contributed by atoms with Crippen molar-refractivity contribution in [1.82, 2.24) is 19.3 Å². The second-order valence-corrected chi connectivity index (χ2v) is 10.8. The van der Waals surface area contributed by atoms with Crippen molar-refractivity contribution in [3.8, 4) is 5.82 Å². The Morgan fingerprint density at radius 2 is 1.89 bits per heavy atom. The highest BCUT2D eigenvalue weighted by Crippen LogP contribution is 2.20. The fourth-order valence-electron chi connectivity index (χ4n) is 3.28. The van der Waals surface area contributed by atoms with Crippen LogP contribution < -0.4 is 26.6 Å². The molecule has 2 amide bonds. The minimum atomic E-state index is -4.01. The maximum atomic E-state index is 13.0. The molecule has 11 nitrogen and oxygen atoms in total. The summed E-state index contributed by atoms with van der Waals surface area (Å²) >= 11 is 1.04. The van der Waals surface area contributed by atoms with Crippen molar-refractivity contribution in [3.05, 3.63) is 74.4 Å². The summed E-state index contributed by atoms with van der Waals surface area (Å²) < 4.78 is 27.4. The molecule has 3 heterocycles. The van der Waals surface area contributed by atoms with Gasteiger partial charge in [-0.1, -0.05) is 6.92 Å². The van der Waals surface area contributed by atoms with Gasteiger partial charge in [0.25, 0.3) is 15.6 Å². The lowest BCUT2D eigenvalue weighted by Crippen LogP contribution is -2.35. The Hall–Kier alpha value is -3.97. The predicted octanol–water partition coefficient (Wildman–Crippen LogP) is 2.78. The Morgan fingerprint density at radius 1 is 1.11 bits per heavy atom. The minimum Gasteiger partial charge on any atom is -0.385 e. The summed E-state index contributed by atoms with van der Waals surface area (Å²) in [5.41, 5.74) is 0.137. The van der Waals surface area contributed by atoms with Crippen LogP contribution in [0.1, 0.15) is 18.2 Å². The topological polar surface area (TPSA) is 155 Å². The van der Waals surface area contributed by atoms with E-state index in [1.807, 2.05) is 11.6 Å². The van der Waals surface area contributed by atoms with Gasteiger partial charge in [-0.05, 0) is 55.8 Å². The normalized spacial score (nSPS) is 11.4. The molecule has 0 spiro atoms. The van der Waals surface area contributed by atoms with Gasteiger partial charge in [0.1, 0.15) is 10.0 Å². The molecule has 0 aliphatic heterocycles. The van der Waals surface area contributed by atoms with Crippen LogP contribution in [0.15, 0.2) is 62.5 Å². The van der Waals surface area contributed by atoms with Gasteiger partial charge >= 0.3 is 11.7 Å². The van der Waals surface area contributed by atoms with Gasteiger partial charge in [-0.3, -0.25) is 4.79 Å². The number of pyridine rings is 1. The van der Waals surface area contributed by atoms with Gasteiger partial charge in [0.2, 0.25) is 0 Å². The number of benzene rings is 1. The van der Waals surface area contributed by atoms with Crippen molar-refractivity contribution in [3.63, 3.8) is 0 Å². The zero-order chi connectivity index (χ0) is 25.2. The molecule has 4 rings (SSSR count). The zero-order valence-corrected chi connectivity index (χ0v) is 20.4. The Balaban J connectivity index is 1.54. The van der Waals surface area contributed by atoms with Crippen LogP contribution in [0, 0.1) is 6.92 Å². The monoisotopic (exact) mass is 514 g/mol. The molecule has 0 saturated heterocycles. The van der Waals surface area contributed by atoms with Crippen LogP contribution in [0.3, 0.4) is 0 Å². The van der Waals surface area contributed by atoms with E-state index in [1.165, 1.54) is 24.4 Å². The maximum absolute atomic E-state index is 13.0. The Bertz CT molecular complexity index is 1620. The predicted molar refractivity (Wildman–Crippen MR) is 135 cm³/mol. The van der Waals surface area contributed by atoms with Gasteiger partial charge in [0.05, 0.1) is 22.8 Å². The molecule has 1 aromatic carbocycles. The fourth-order valence-corrected chi connectivity index (χ4v) is 5.47. The van der Waals surface area contributed by atoms with E-state index in [0.29, 0.717) is 10.9 Å². The number of H-pyrrole nitrogens is 1. The molecular formula is C22H22N6O5S2. The summed E-state index contributed by atoms with van der Waals surface area (Å²) in [7, 11) is -4.01. The molecule has 0 radical (unpaired) electrons. The van der Waals surface area contributed by atoms with Crippen LogP contribution in [-0.4, -0.2) is 35.5 Å². The first-order valence-electron chi connectivity index (χ1n) is 10.6. The van der Waals surface area contributed by atoms with Crippen molar-refractivity contribution < 1.29 is 13.2 Å². The molecule has 13 heteroatoms. The first-order valence-corrected chi connectivity index (χ1v) is 12.9. The van der Waals surface area contributed by atoms with E-state index in [-0.39, 0.29) is 15.7 Å². The number of thiophene rings is 1. The van der Waals surface area contributed by atoms with E-state index in [1.54, 1.807) is 31.2 Å². The molecule has 4 N–H and O–H groups in total. The number of aromatic nitrogens is 3. The largest absolute Gasteiger partial charge is 0.385 e. The van der Waals surface area contributed by atoms with Crippen LogP contribution in [0.2, 0.25) is 0 Å². The summed E-state index contributed by atoms with van der Waals surface area (Å²) in [6, 6.07) is 9.92. The number of fused-ring (bicyclic) bond motifs is 1. The lowest BCUT2D eigenvalue weighted by atomic mass is 10.2. The summed E-state index contributed by atoms with van der Waals surface area (Å²) in [5, 5.41) is 5.87. The number of rotatable bonds is 7. The number of nitrogens with one attached hydrogen (secondary N) is 4. The van der Waals surface area contributed by atoms with E-state index in [2.05, 4.69) is 20.6 Å². The number of sulfonamides is 1. The summed E-state index contributed by atoms with van der Waals surface area (Å²) in [4.78, 5) is 45.3. The number of hydrogen-bond donors (Lipinski definition) is 4. The average Bonchev–Trinajstić information content (AvgIpc) is 3.25. The van der Waals surface area contributed by atoms with E-state index in [0.717, 1.165) is 39.4 Å². The van der Waals surface area contributed by atoms with Crippen LogP contribution in [0.4, 0.5) is 16.2 Å². The molecule has 0 fully saturated rings. The van der Waals surface area contributed by atoms with Crippen molar-refractivity contribution in [2.45, 2.75) is 24.5 Å². The lowest BCUT2D eigenvalue weighted by Gasteiger charge is -2.10. The molecule has 0 unspecified atom stereocenters. The molecule has 0 saturated carbocycles. The van der Waals surface area contributed by atoms with Gasteiger partial charge in [0.15, 0.2) is 0 Å². The third kappa shape index (κ3) is 5.25. The van der Waals surface area contributed by atoms with Crippen LogP contribution in [0.25, 0.3) is 16.7 Å². The number of aromatic amines is 1. The number of aryl methyl sites for hydroxylation is 1. The maximum Gasteiger partial charge on any atom is 0.334 e. The van der Waals surface area contributed by atoms with E-state index in [9.17, 15) is 22.8 Å². The van der Waals surface area contributed by atoms with Gasteiger partial charge in [-0.15, -0.1) is 11.3 Å². The summed E-state index contributed by atoms with van der Waals surface area (Å²) in [5.74, 6) is 0.0407. The molecule has 0 aliphatic carbocycles. The standard InChI is InChI=1S/C22H22N6O5S2/c1-3-10-23-14-5-7-16-17(11-14)26-22(31)28(20(16)29)18-8-6-15(12-24-18)25-21(30)27-35(32,33)19-9-4-13(2)34-19/h4-9,11-12,23H,3,10H2,1-2H3,(H,26,31)(H2,25,27,30). The smallest absolute Gasteiger partial charge is 0.334 e. The number of carbonyl (C=O) groups excluding carboxylic acids is 1. The van der Waals surface area contributed by atoms with Crippen LogP contribution >= 0.6 is 11.3 Å². The van der Waals surface area contributed by atoms with Gasteiger partial charge in [-0.2, -0.15) is 0 Å². The van der Waals surface area contributed by atoms with E-state index >= 15 is 0 Å². The third-order valence-electron chi connectivity index (χ3n) is 4.92. The summed E-state index contributed by atoms with van der Waals surface area (Å²) in [6.45, 7) is 4.54. The highest BCUT2D eigenvalue weighted by atomic mass is 32.2. The third-order valence-corrected chi connectivity index (χ3v) is 7.74. The first-order chi connectivity index (χ1) is 16.7. The van der Waals surface area contributed by atoms with Crippen molar-refractivity contribution in [2.24, 2.45) is 0 Å².